The summed E-state index contributed by atoms with van der Waals surface area (Å²) in [7, 11) is -4.59. The summed E-state index contributed by atoms with van der Waals surface area (Å²) in [5.74, 6) is -1.37. The van der Waals surface area contributed by atoms with E-state index in [-0.39, 0.29) is 23.6 Å². The number of carbonyl (C=O) groups is 2. The van der Waals surface area contributed by atoms with Crippen LogP contribution in [0.15, 0.2) is 39.8 Å². The van der Waals surface area contributed by atoms with Crippen LogP contribution in [0.5, 0.6) is 0 Å². The monoisotopic (exact) mass is 649 g/mol. The van der Waals surface area contributed by atoms with Gasteiger partial charge in [0.05, 0.1) is 28.8 Å². The van der Waals surface area contributed by atoms with Crippen molar-refractivity contribution in [3.8, 4) is 0 Å². The largest absolute Gasteiger partial charge is 0.467 e. The van der Waals surface area contributed by atoms with E-state index in [1.165, 1.54) is 12.3 Å². The maximum Gasteiger partial charge on any atom is 0.413 e. The van der Waals surface area contributed by atoms with E-state index in [1.807, 2.05) is 6.92 Å². The second kappa shape index (κ2) is 12.1. The van der Waals surface area contributed by atoms with E-state index >= 15 is 4.39 Å². The fraction of sp³-hybridized carbons (Fsp3) is 0.379. The third-order valence-electron chi connectivity index (χ3n) is 6.50. The van der Waals surface area contributed by atoms with Crippen LogP contribution in [-0.4, -0.2) is 51.3 Å². The number of carbonyl (C=O) groups excluding carboxylic acids is 1. The number of nitrogens with one attached hydrogen (secondary N) is 1. The fourth-order valence-electron chi connectivity index (χ4n) is 5.05. The molecule has 0 saturated carbocycles. The predicted molar refractivity (Wildman–Crippen MR) is 161 cm³/mol. The van der Waals surface area contributed by atoms with Gasteiger partial charge in [0.25, 0.3) is 10.0 Å². The number of furan rings is 1. The standard InChI is InChI=1S/C29H33ClFN5O7S/c1-15-11-16(2)23(17(3)12-15)44(40,41)36-20(13-18(4)32-27(37)43-29(5,6)7)22(31)21-24(33-26(30)34-25(21)36)35(28(38)39)14-19-9-8-10-42-19/h8-12,18H,13-14H2,1-7H3,(H,32,37)(H,38,39)/t18-/m0/s1. The number of anilines is 1. The van der Waals surface area contributed by atoms with Crippen molar-refractivity contribution in [1.29, 1.82) is 0 Å². The highest BCUT2D eigenvalue weighted by atomic mass is 35.5. The minimum absolute atomic E-state index is 0.0871. The maximum absolute atomic E-state index is 16.7. The summed E-state index contributed by atoms with van der Waals surface area (Å²) < 4.78 is 56.8. The molecule has 236 valence electrons. The zero-order valence-electron chi connectivity index (χ0n) is 25.2. The molecule has 0 aliphatic rings. The topological polar surface area (TPSA) is 157 Å². The molecule has 0 radical (unpaired) electrons. The number of ether oxygens (including phenoxy) is 1. The van der Waals surface area contributed by atoms with Crippen molar-refractivity contribution in [1.82, 2.24) is 19.3 Å². The molecule has 0 fully saturated rings. The number of alkyl carbamates (subject to hydrolysis) is 1. The minimum Gasteiger partial charge on any atom is -0.467 e. The number of nitrogens with zero attached hydrogens (tertiary/aromatic N) is 4. The molecule has 3 heterocycles. The molecule has 1 atom stereocenters. The predicted octanol–water partition coefficient (Wildman–Crippen LogP) is 6.12. The molecule has 12 nitrogen and oxygen atoms in total. The molecule has 0 spiro atoms. The van der Waals surface area contributed by atoms with E-state index in [4.69, 9.17) is 20.8 Å². The summed E-state index contributed by atoms with van der Waals surface area (Å²) in [6.07, 6.45) is -1.34. The van der Waals surface area contributed by atoms with Crippen LogP contribution in [0.4, 0.5) is 19.8 Å². The molecular formula is C29H33ClFN5O7S. The molecule has 0 saturated heterocycles. The lowest BCUT2D eigenvalue weighted by atomic mass is 10.1. The van der Waals surface area contributed by atoms with E-state index in [0.717, 1.165) is 5.56 Å². The molecule has 0 bridgehead atoms. The van der Waals surface area contributed by atoms with Gasteiger partial charge in [0.2, 0.25) is 5.28 Å². The van der Waals surface area contributed by atoms with Gasteiger partial charge < -0.3 is 19.6 Å². The molecule has 3 aromatic heterocycles. The van der Waals surface area contributed by atoms with Gasteiger partial charge in [-0.05, 0) is 83.3 Å². The highest BCUT2D eigenvalue weighted by Gasteiger charge is 2.35. The quantitative estimate of drug-likeness (QED) is 0.215. The van der Waals surface area contributed by atoms with Crippen molar-refractivity contribution in [2.24, 2.45) is 0 Å². The summed E-state index contributed by atoms with van der Waals surface area (Å²) in [5.41, 5.74) is -0.0581. The number of carboxylic acid groups (broad SMARTS) is 1. The molecule has 0 aliphatic carbocycles. The molecule has 4 aromatic rings. The zero-order chi connectivity index (χ0) is 32.7. The van der Waals surface area contributed by atoms with Crippen LogP contribution in [-0.2, 0) is 27.7 Å². The molecule has 0 aliphatic heterocycles. The van der Waals surface area contributed by atoms with Gasteiger partial charge in [0.1, 0.15) is 11.4 Å². The summed E-state index contributed by atoms with van der Waals surface area (Å²) in [5, 5.41) is 11.7. The van der Waals surface area contributed by atoms with Crippen molar-refractivity contribution >= 4 is 50.7 Å². The Morgan fingerprint density at radius 3 is 2.39 bits per heavy atom. The normalized spacial score (nSPS) is 12.8. The second-order valence-corrected chi connectivity index (χ2v) is 13.5. The van der Waals surface area contributed by atoms with Gasteiger partial charge in [-0.2, -0.15) is 9.97 Å². The van der Waals surface area contributed by atoms with E-state index in [0.29, 0.717) is 20.0 Å². The Bertz CT molecular complexity index is 1830. The van der Waals surface area contributed by atoms with Crippen LogP contribution in [0.1, 0.15) is 55.8 Å². The number of hydrogen-bond donors (Lipinski definition) is 2. The highest BCUT2D eigenvalue weighted by molar-refractivity contribution is 7.90. The van der Waals surface area contributed by atoms with Gasteiger partial charge in [0, 0.05) is 12.5 Å². The molecule has 44 heavy (non-hydrogen) atoms. The van der Waals surface area contributed by atoms with Gasteiger partial charge in [-0.3, -0.25) is 4.90 Å². The average Bonchev–Trinajstić information content (AvgIpc) is 3.46. The van der Waals surface area contributed by atoms with E-state index in [9.17, 15) is 23.1 Å². The maximum atomic E-state index is 16.7. The van der Waals surface area contributed by atoms with Gasteiger partial charge in [-0.1, -0.05) is 17.7 Å². The Hall–Kier alpha value is -4.17. The van der Waals surface area contributed by atoms with Crippen LogP contribution in [0, 0.1) is 26.6 Å². The summed E-state index contributed by atoms with van der Waals surface area (Å²) in [6, 6.07) is 5.57. The number of rotatable bonds is 8. The van der Waals surface area contributed by atoms with Gasteiger partial charge >= 0.3 is 12.2 Å². The van der Waals surface area contributed by atoms with Gasteiger partial charge in [-0.25, -0.2) is 26.4 Å². The number of fused-ring (bicyclic) bond motifs is 1. The number of halogens is 2. The Morgan fingerprint density at radius 1 is 1.20 bits per heavy atom. The Kier molecular flexibility index (Phi) is 8.99. The molecule has 2 N–H and O–H groups in total. The first-order valence-electron chi connectivity index (χ1n) is 13.5. The van der Waals surface area contributed by atoms with Crippen LogP contribution < -0.4 is 10.2 Å². The number of amides is 2. The number of benzene rings is 1. The molecule has 1 aromatic carbocycles. The lowest BCUT2D eigenvalue weighted by molar-refractivity contribution is 0.0508. The first-order chi connectivity index (χ1) is 20.4. The van der Waals surface area contributed by atoms with Gasteiger partial charge in [-0.15, -0.1) is 0 Å². The van der Waals surface area contributed by atoms with Crippen molar-refractivity contribution in [2.45, 2.75) is 78.0 Å². The molecule has 15 heteroatoms. The lowest BCUT2D eigenvalue weighted by Crippen LogP contribution is -2.39. The van der Waals surface area contributed by atoms with Crippen LogP contribution in [0.25, 0.3) is 11.0 Å². The summed E-state index contributed by atoms with van der Waals surface area (Å²) >= 11 is 6.23. The van der Waals surface area contributed by atoms with Crippen LogP contribution in [0.3, 0.4) is 0 Å². The molecule has 2 amide bonds. The third-order valence-corrected chi connectivity index (χ3v) is 8.70. The van der Waals surface area contributed by atoms with Gasteiger partial charge in [0.15, 0.2) is 17.3 Å². The van der Waals surface area contributed by atoms with Crippen molar-refractivity contribution in [3.63, 3.8) is 0 Å². The number of aromatic nitrogens is 3. The van der Waals surface area contributed by atoms with Crippen LogP contribution >= 0.6 is 11.6 Å². The Labute approximate surface area is 258 Å². The van der Waals surface area contributed by atoms with Crippen molar-refractivity contribution in [3.05, 3.63) is 69.8 Å². The van der Waals surface area contributed by atoms with E-state index < -0.39 is 67.5 Å². The average molecular weight is 650 g/mol. The van der Waals surface area contributed by atoms with Crippen LogP contribution in [0.2, 0.25) is 5.28 Å². The highest BCUT2D eigenvalue weighted by Crippen LogP contribution is 2.37. The molecular weight excluding hydrogens is 617 g/mol. The fourth-order valence-corrected chi connectivity index (χ4v) is 7.13. The molecule has 4 rings (SSSR count). The minimum atomic E-state index is -4.59. The zero-order valence-corrected chi connectivity index (χ0v) is 26.8. The van der Waals surface area contributed by atoms with E-state index in [2.05, 4.69) is 15.3 Å². The third kappa shape index (κ3) is 6.65. The van der Waals surface area contributed by atoms with E-state index in [1.54, 1.807) is 59.7 Å². The SMILES string of the molecule is Cc1cc(C)c(S(=O)(=O)n2c(C[C@H](C)NC(=O)OC(C)(C)C)c(F)c3c(N(Cc4ccco4)C(=O)O)nc(Cl)nc32)c(C)c1. The lowest BCUT2D eigenvalue weighted by Gasteiger charge is -2.22. The number of hydrogen-bond acceptors (Lipinski definition) is 8. The Balaban J connectivity index is 2.00. The summed E-state index contributed by atoms with van der Waals surface area (Å²) in [6.45, 7) is 11.2. The first kappa shape index (κ1) is 32.7. The number of aryl methyl sites for hydroxylation is 3. The van der Waals surface area contributed by atoms with Crippen molar-refractivity contribution in [2.75, 3.05) is 4.90 Å². The van der Waals surface area contributed by atoms with Crippen molar-refractivity contribution < 1.29 is 36.7 Å². The molecule has 0 unspecified atom stereocenters. The second-order valence-electron chi connectivity index (χ2n) is 11.5. The Morgan fingerprint density at radius 2 is 1.84 bits per heavy atom. The smallest absolute Gasteiger partial charge is 0.413 e. The summed E-state index contributed by atoms with van der Waals surface area (Å²) in [4.78, 5) is 33.6. The first-order valence-corrected chi connectivity index (χ1v) is 15.3.